The Morgan fingerprint density at radius 1 is 1.33 bits per heavy atom. The lowest BCUT2D eigenvalue weighted by Gasteiger charge is -2.20. The molecule has 24 heavy (non-hydrogen) atoms. The molecule has 1 aromatic carbocycles. The fraction of sp³-hybridized carbons (Fsp3) is 0.316. The minimum atomic E-state index is -0.00281. The van der Waals surface area contributed by atoms with Crippen molar-refractivity contribution in [2.24, 2.45) is 0 Å². The van der Waals surface area contributed by atoms with Crippen molar-refractivity contribution in [1.82, 2.24) is 4.57 Å². The number of rotatable bonds is 3. The monoisotopic (exact) mass is 323 g/mol. The maximum atomic E-state index is 12.6. The third-order valence-corrected chi connectivity index (χ3v) is 4.79. The second-order valence-electron chi connectivity index (χ2n) is 6.33. The highest BCUT2D eigenvalue weighted by atomic mass is 16.5. The largest absolute Gasteiger partial charge is 0.376 e. The molecule has 0 radical (unpaired) electrons. The Bertz CT molecular complexity index is 836. The highest BCUT2D eigenvalue weighted by Crippen LogP contribution is 2.37. The first-order valence-corrected chi connectivity index (χ1v) is 8.32. The number of pyridine rings is 1. The molecule has 124 valence electrons. The lowest BCUT2D eigenvalue weighted by molar-refractivity contribution is 0.0956. The molecule has 2 aliphatic rings. The van der Waals surface area contributed by atoms with Crippen LogP contribution in [0.4, 0.5) is 11.4 Å². The van der Waals surface area contributed by atoms with Gasteiger partial charge in [-0.1, -0.05) is 24.8 Å². The fourth-order valence-electron chi connectivity index (χ4n) is 3.54. The van der Waals surface area contributed by atoms with Gasteiger partial charge in [-0.15, -0.1) is 0 Å². The van der Waals surface area contributed by atoms with Crippen LogP contribution in [0.25, 0.3) is 5.70 Å². The molecule has 1 aromatic heterocycles. The maximum Gasteiger partial charge on any atom is 0.252 e. The molecule has 5 heteroatoms. The summed E-state index contributed by atoms with van der Waals surface area (Å²) >= 11 is 0. The van der Waals surface area contributed by atoms with Gasteiger partial charge in [0.1, 0.15) is 0 Å². The van der Waals surface area contributed by atoms with Gasteiger partial charge in [-0.3, -0.25) is 15.2 Å². The zero-order valence-corrected chi connectivity index (χ0v) is 13.8. The number of aromatic nitrogens is 1. The van der Waals surface area contributed by atoms with E-state index in [-0.39, 0.29) is 11.7 Å². The number of hydrogen-bond donors (Lipinski definition) is 1. The molecule has 0 amide bonds. The molecule has 0 bridgehead atoms. The molecule has 1 atom stereocenters. The van der Waals surface area contributed by atoms with E-state index in [0.29, 0.717) is 6.54 Å². The van der Waals surface area contributed by atoms with Crippen molar-refractivity contribution >= 4 is 17.1 Å². The summed E-state index contributed by atoms with van der Waals surface area (Å²) in [5, 5.41) is 1.92. The third-order valence-electron chi connectivity index (χ3n) is 4.79. The Kier molecular flexibility index (Phi) is 3.65. The van der Waals surface area contributed by atoms with Gasteiger partial charge in [0.05, 0.1) is 29.7 Å². The molecule has 1 saturated heterocycles. The molecule has 1 N–H and O–H groups in total. The van der Waals surface area contributed by atoms with Crippen molar-refractivity contribution in [3.05, 3.63) is 64.6 Å². The first-order valence-electron chi connectivity index (χ1n) is 8.32. The average Bonchev–Trinajstić information content (AvgIpc) is 3.20. The average molecular weight is 323 g/mol. The van der Waals surface area contributed by atoms with Gasteiger partial charge in [0, 0.05) is 23.9 Å². The number of ether oxygens (including phenoxy) is 1. The summed E-state index contributed by atoms with van der Waals surface area (Å²) in [7, 11) is 0. The molecule has 4 rings (SSSR count). The van der Waals surface area contributed by atoms with Gasteiger partial charge in [0.25, 0.3) is 5.56 Å². The van der Waals surface area contributed by atoms with Gasteiger partial charge in [0.15, 0.2) is 0 Å². The molecule has 1 fully saturated rings. The third kappa shape index (κ3) is 2.41. The van der Waals surface area contributed by atoms with Crippen LogP contribution in [-0.2, 0) is 11.3 Å². The van der Waals surface area contributed by atoms with Crippen LogP contribution in [0.2, 0.25) is 0 Å². The first-order chi connectivity index (χ1) is 11.6. The van der Waals surface area contributed by atoms with Crippen LogP contribution in [0.15, 0.2) is 47.8 Å². The highest BCUT2D eigenvalue weighted by molar-refractivity contribution is 5.92. The van der Waals surface area contributed by atoms with Crippen LogP contribution < -0.4 is 16.0 Å². The zero-order chi connectivity index (χ0) is 16.7. The number of nitrogens with one attached hydrogen (secondary N) is 1. The summed E-state index contributed by atoms with van der Waals surface area (Å²) < 4.78 is 7.51. The lowest BCUT2D eigenvalue weighted by Crippen LogP contribution is -2.28. The number of hydrazine groups is 1. The van der Waals surface area contributed by atoms with Crippen molar-refractivity contribution in [1.29, 1.82) is 0 Å². The Labute approximate surface area is 141 Å². The Morgan fingerprint density at radius 2 is 2.12 bits per heavy atom. The van der Waals surface area contributed by atoms with Crippen molar-refractivity contribution < 1.29 is 4.74 Å². The smallest absolute Gasteiger partial charge is 0.252 e. The van der Waals surface area contributed by atoms with E-state index >= 15 is 0 Å². The van der Waals surface area contributed by atoms with E-state index in [4.69, 9.17) is 4.74 Å². The van der Waals surface area contributed by atoms with Crippen LogP contribution >= 0.6 is 0 Å². The molecular weight excluding hydrogens is 302 g/mol. The van der Waals surface area contributed by atoms with E-state index in [1.54, 1.807) is 6.07 Å². The fourth-order valence-corrected chi connectivity index (χ4v) is 3.54. The summed E-state index contributed by atoms with van der Waals surface area (Å²) in [6.45, 7) is 7.62. The van der Waals surface area contributed by atoms with Gasteiger partial charge in [-0.05, 0) is 31.9 Å². The van der Waals surface area contributed by atoms with Crippen molar-refractivity contribution in [2.45, 2.75) is 32.4 Å². The molecular formula is C19H21N3O2. The molecule has 0 spiro atoms. The summed E-state index contributed by atoms with van der Waals surface area (Å²) in [5.41, 5.74) is 7.89. The number of para-hydroxylation sites is 1. The molecule has 2 aromatic rings. The quantitative estimate of drug-likeness (QED) is 0.942. The van der Waals surface area contributed by atoms with Crippen LogP contribution in [0, 0.1) is 6.92 Å². The normalized spacial score (nSPS) is 19.5. The van der Waals surface area contributed by atoms with E-state index in [2.05, 4.69) is 12.0 Å². The van der Waals surface area contributed by atoms with Crippen molar-refractivity contribution in [3.8, 4) is 0 Å². The van der Waals surface area contributed by atoms with Crippen molar-refractivity contribution in [2.75, 3.05) is 17.0 Å². The summed E-state index contributed by atoms with van der Waals surface area (Å²) in [5.74, 6) is 0. The maximum absolute atomic E-state index is 12.6. The van der Waals surface area contributed by atoms with Crippen LogP contribution in [0.1, 0.15) is 24.1 Å². The summed E-state index contributed by atoms with van der Waals surface area (Å²) in [6.07, 6.45) is 2.21. The predicted molar refractivity (Wildman–Crippen MR) is 96.0 cm³/mol. The van der Waals surface area contributed by atoms with Gasteiger partial charge in [-0.25, -0.2) is 0 Å². The van der Waals surface area contributed by atoms with E-state index in [1.165, 1.54) is 0 Å². The topological polar surface area (TPSA) is 46.5 Å². The number of anilines is 2. The summed E-state index contributed by atoms with van der Waals surface area (Å²) in [4.78, 5) is 12.6. The predicted octanol–water partition coefficient (Wildman–Crippen LogP) is 3.15. The minimum Gasteiger partial charge on any atom is -0.376 e. The molecule has 1 unspecified atom stereocenters. The van der Waals surface area contributed by atoms with Crippen LogP contribution in [0.3, 0.4) is 0 Å². The lowest BCUT2D eigenvalue weighted by atomic mass is 10.1. The Balaban J connectivity index is 1.71. The van der Waals surface area contributed by atoms with Crippen LogP contribution in [0.5, 0.6) is 0 Å². The van der Waals surface area contributed by atoms with E-state index < -0.39 is 0 Å². The Morgan fingerprint density at radius 3 is 2.83 bits per heavy atom. The molecule has 2 aliphatic heterocycles. The van der Waals surface area contributed by atoms with E-state index in [1.807, 2.05) is 46.8 Å². The number of fused-ring (bicyclic) bond motifs is 1. The van der Waals surface area contributed by atoms with Gasteiger partial charge < -0.3 is 9.30 Å². The molecule has 0 saturated carbocycles. The van der Waals surface area contributed by atoms with Gasteiger partial charge in [-0.2, -0.15) is 0 Å². The van der Waals surface area contributed by atoms with Crippen molar-refractivity contribution in [3.63, 3.8) is 0 Å². The SMILES string of the molecule is C=C1c2c(cc(=O)n(CC3CCCO3)c2C)NN1c1ccccc1. The van der Waals surface area contributed by atoms with Crippen LogP contribution in [-0.4, -0.2) is 17.3 Å². The molecule has 0 aliphatic carbocycles. The number of hydrogen-bond acceptors (Lipinski definition) is 4. The molecule has 5 nitrogen and oxygen atoms in total. The van der Waals surface area contributed by atoms with Gasteiger partial charge >= 0.3 is 0 Å². The van der Waals surface area contributed by atoms with Gasteiger partial charge in [0.2, 0.25) is 0 Å². The zero-order valence-electron chi connectivity index (χ0n) is 13.8. The Hall–Kier alpha value is -2.53. The standard InChI is InChI=1S/C19H21N3O2/c1-13-19-14(2)22(15-7-4-3-5-8-15)20-17(19)11-18(23)21(13)12-16-9-6-10-24-16/h3-5,7-8,11,16,20H,2,6,9-10,12H2,1H3. The second-order valence-corrected chi connectivity index (χ2v) is 6.33. The molecule has 3 heterocycles. The van der Waals surface area contributed by atoms with E-state index in [9.17, 15) is 4.79 Å². The second kappa shape index (κ2) is 5.83. The number of nitrogens with zero attached hydrogens (tertiary/aromatic N) is 2. The van der Waals surface area contributed by atoms with E-state index in [0.717, 1.165) is 47.8 Å². The first kappa shape index (κ1) is 15.0. The minimum absolute atomic E-state index is 0.00281. The highest BCUT2D eigenvalue weighted by Gasteiger charge is 2.28. The number of benzene rings is 1. The summed E-state index contributed by atoms with van der Waals surface area (Å²) in [6, 6.07) is 11.6.